The summed E-state index contributed by atoms with van der Waals surface area (Å²) in [6.45, 7) is 2.02. The fourth-order valence-corrected chi connectivity index (χ4v) is 2.87. The van der Waals surface area contributed by atoms with E-state index < -0.39 is 5.97 Å². The minimum Gasteiger partial charge on any atom is -0.482 e. The quantitative estimate of drug-likeness (QED) is 0.859. The fourth-order valence-electron chi connectivity index (χ4n) is 2.87. The Bertz CT molecular complexity index is 659. The van der Waals surface area contributed by atoms with E-state index in [0.717, 1.165) is 37.3 Å². The fraction of sp³-hybridized carbons (Fsp3) is 0.467. The Morgan fingerprint density at radius 2 is 2.33 bits per heavy atom. The Balaban J connectivity index is 2.10. The van der Waals surface area contributed by atoms with Gasteiger partial charge in [0.25, 0.3) is 0 Å². The molecule has 1 aliphatic rings. The van der Waals surface area contributed by atoms with Crippen LogP contribution in [0, 0.1) is 5.92 Å². The average molecular weight is 289 g/mol. The molecule has 6 heteroatoms. The molecule has 0 bridgehead atoms. The van der Waals surface area contributed by atoms with Crippen molar-refractivity contribution in [1.82, 2.24) is 14.7 Å². The minimum absolute atomic E-state index is 0.345. The molecule has 6 nitrogen and oxygen atoms in total. The number of methoxy groups -OCH3 is 2. The van der Waals surface area contributed by atoms with Gasteiger partial charge in [-0.2, -0.15) is 0 Å². The number of aromatic nitrogens is 2. The van der Waals surface area contributed by atoms with Gasteiger partial charge >= 0.3 is 5.97 Å². The van der Waals surface area contributed by atoms with Crippen molar-refractivity contribution < 1.29 is 14.3 Å². The van der Waals surface area contributed by atoms with Crippen LogP contribution in [0.1, 0.15) is 22.7 Å². The van der Waals surface area contributed by atoms with E-state index in [4.69, 9.17) is 9.47 Å². The van der Waals surface area contributed by atoms with Gasteiger partial charge in [0.05, 0.1) is 19.7 Å². The van der Waals surface area contributed by atoms with Crippen LogP contribution in [0.3, 0.4) is 0 Å². The van der Waals surface area contributed by atoms with Gasteiger partial charge in [-0.05, 0) is 37.6 Å². The van der Waals surface area contributed by atoms with E-state index in [0.29, 0.717) is 17.5 Å². The van der Waals surface area contributed by atoms with Crippen molar-refractivity contribution >= 4 is 11.5 Å². The van der Waals surface area contributed by atoms with Gasteiger partial charge in [0, 0.05) is 6.42 Å². The number of fused-ring (bicyclic) bond motifs is 1. The summed E-state index contributed by atoms with van der Waals surface area (Å²) in [5, 5.41) is 3.35. The van der Waals surface area contributed by atoms with Crippen LogP contribution >= 0.6 is 0 Å². The van der Waals surface area contributed by atoms with Crippen molar-refractivity contribution in [3.63, 3.8) is 0 Å². The molecule has 1 atom stereocenters. The van der Waals surface area contributed by atoms with Crippen LogP contribution in [0.2, 0.25) is 0 Å². The number of nitrogens with one attached hydrogen (secondary N) is 1. The second-order valence-electron chi connectivity index (χ2n) is 5.22. The van der Waals surface area contributed by atoms with E-state index in [-0.39, 0.29) is 0 Å². The number of ether oxygens (including phenoxy) is 2. The summed E-state index contributed by atoms with van der Waals surface area (Å²) in [5.74, 6) is 1.63. The maximum absolute atomic E-state index is 11.9. The monoisotopic (exact) mass is 289 g/mol. The molecule has 112 valence electrons. The number of nitrogens with zero attached hydrogens (tertiary/aromatic N) is 2. The summed E-state index contributed by atoms with van der Waals surface area (Å²) < 4.78 is 12.2. The number of carbonyl (C=O) groups is 1. The van der Waals surface area contributed by atoms with Gasteiger partial charge in [-0.15, -0.1) is 0 Å². The van der Waals surface area contributed by atoms with Crippen LogP contribution in [-0.4, -0.2) is 42.7 Å². The van der Waals surface area contributed by atoms with Gasteiger partial charge in [0.1, 0.15) is 5.82 Å². The molecule has 0 aliphatic carbocycles. The van der Waals surface area contributed by atoms with E-state index in [1.807, 2.05) is 22.6 Å². The third-order valence-corrected chi connectivity index (χ3v) is 3.92. The average Bonchev–Trinajstić information content (AvgIpc) is 3.15. The van der Waals surface area contributed by atoms with Crippen LogP contribution in [0.25, 0.3) is 5.52 Å². The van der Waals surface area contributed by atoms with E-state index in [2.05, 4.69) is 10.3 Å². The number of esters is 1. The molecule has 0 radical (unpaired) electrons. The standard InChI is InChI=1S/C15H19N3O3/c1-20-13-5-3-4-11-14(15(19)21-2)17-12(18(11)13)8-10-6-7-16-9-10/h3-5,10,16H,6-9H2,1-2H3. The molecule has 0 amide bonds. The maximum atomic E-state index is 11.9. The molecule has 1 N–H and O–H groups in total. The second kappa shape index (κ2) is 5.73. The molecule has 21 heavy (non-hydrogen) atoms. The Labute approximate surface area is 123 Å². The third-order valence-electron chi connectivity index (χ3n) is 3.92. The summed E-state index contributed by atoms with van der Waals surface area (Å²) in [6.07, 6.45) is 1.93. The lowest BCUT2D eigenvalue weighted by atomic mass is 10.0. The van der Waals surface area contributed by atoms with Crippen molar-refractivity contribution in [1.29, 1.82) is 0 Å². The predicted octanol–water partition coefficient (Wildman–Crippen LogP) is 1.28. The molecular weight excluding hydrogens is 270 g/mol. The largest absolute Gasteiger partial charge is 0.482 e. The minimum atomic E-state index is -0.420. The van der Waals surface area contributed by atoms with Gasteiger partial charge in [-0.3, -0.25) is 4.40 Å². The summed E-state index contributed by atoms with van der Waals surface area (Å²) >= 11 is 0. The molecule has 2 aromatic rings. The molecule has 2 aromatic heterocycles. The zero-order valence-electron chi connectivity index (χ0n) is 12.3. The van der Waals surface area contributed by atoms with E-state index in [1.165, 1.54) is 7.11 Å². The molecule has 3 heterocycles. The van der Waals surface area contributed by atoms with Crippen molar-refractivity contribution in [2.45, 2.75) is 12.8 Å². The first-order chi connectivity index (χ1) is 10.2. The lowest BCUT2D eigenvalue weighted by molar-refractivity contribution is 0.0596. The number of imidazole rings is 1. The molecular formula is C15H19N3O3. The summed E-state index contributed by atoms with van der Waals surface area (Å²) in [5.41, 5.74) is 1.07. The first kappa shape index (κ1) is 13.9. The highest BCUT2D eigenvalue weighted by molar-refractivity contribution is 5.95. The molecule has 1 saturated heterocycles. The summed E-state index contributed by atoms with van der Waals surface area (Å²) in [4.78, 5) is 16.4. The number of pyridine rings is 1. The highest BCUT2D eigenvalue weighted by Crippen LogP contribution is 2.24. The third kappa shape index (κ3) is 2.47. The predicted molar refractivity (Wildman–Crippen MR) is 77.8 cm³/mol. The Morgan fingerprint density at radius 1 is 1.48 bits per heavy atom. The lowest BCUT2D eigenvalue weighted by Gasteiger charge is -2.10. The van der Waals surface area contributed by atoms with Crippen LogP contribution in [0.5, 0.6) is 5.88 Å². The van der Waals surface area contributed by atoms with E-state index in [1.54, 1.807) is 7.11 Å². The van der Waals surface area contributed by atoms with E-state index >= 15 is 0 Å². The highest BCUT2D eigenvalue weighted by Gasteiger charge is 2.23. The maximum Gasteiger partial charge on any atom is 0.358 e. The number of hydrogen-bond donors (Lipinski definition) is 1. The first-order valence-electron chi connectivity index (χ1n) is 7.08. The Morgan fingerprint density at radius 3 is 3.00 bits per heavy atom. The van der Waals surface area contributed by atoms with Crippen LogP contribution < -0.4 is 10.1 Å². The van der Waals surface area contributed by atoms with E-state index in [9.17, 15) is 4.79 Å². The van der Waals surface area contributed by atoms with Crippen molar-refractivity contribution in [2.24, 2.45) is 5.92 Å². The molecule has 3 rings (SSSR count). The molecule has 0 saturated carbocycles. The number of hydrogen-bond acceptors (Lipinski definition) is 5. The Hall–Kier alpha value is -2.08. The zero-order valence-corrected chi connectivity index (χ0v) is 12.3. The van der Waals surface area contributed by atoms with Gasteiger partial charge in [0.2, 0.25) is 0 Å². The molecule has 1 fully saturated rings. The first-order valence-corrected chi connectivity index (χ1v) is 7.08. The van der Waals surface area contributed by atoms with Gasteiger partial charge in [-0.1, -0.05) is 6.07 Å². The SMILES string of the molecule is COC(=O)c1nc(CC2CCNC2)n2c(OC)cccc12. The zero-order chi connectivity index (χ0) is 14.8. The normalized spacial score (nSPS) is 18.1. The van der Waals surface area contributed by atoms with Gasteiger partial charge in [0.15, 0.2) is 11.6 Å². The topological polar surface area (TPSA) is 64.9 Å². The van der Waals surface area contributed by atoms with Gasteiger partial charge < -0.3 is 14.8 Å². The summed E-state index contributed by atoms with van der Waals surface area (Å²) in [7, 11) is 2.99. The van der Waals surface area contributed by atoms with Crippen molar-refractivity contribution in [2.75, 3.05) is 27.3 Å². The number of carbonyl (C=O) groups excluding carboxylic acids is 1. The lowest BCUT2D eigenvalue weighted by Crippen LogP contribution is -2.12. The van der Waals surface area contributed by atoms with Crippen LogP contribution in [0.4, 0.5) is 0 Å². The van der Waals surface area contributed by atoms with Gasteiger partial charge in [-0.25, -0.2) is 9.78 Å². The molecule has 0 aromatic carbocycles. The molecule has 0 spiro atoms. The summed E-state index contributed by atoms with van der Waals surface area (Å²) in [6, 6.07) is 5.58. The van der Waals surface area contributed by atoms with Crippen molar-refractivity contribution in [3.05, 3.63) is 29.7 Å². The Kier molecular flexibility index (Phi) is 3.79. The molecule has 1 unspecified atom stereocenters. The van der Waals surface area contributed by atoms with Crippen LogP contribution in [-0.2, 0) is 11.2 Å². The smallest absolute Gasteiger partial charge is 0.358 e. The van der Waals surface area contributed by atoms with Crippen LogP contribution in [0.15, 0.2) is 18.2 Å². The molecule has 1 aliphatic heterocycles. The number of rotatable bonds is 4. The van der Waals surface area contributed by atoms with Crippen molar-refractivity contribution in [3.8, 4) is 5.88 Å². The second-order valence-corrected chi connectivity index (χ2v) is 5.22. The highest BCUT2D eigenvalue weighted by atomic mass is 16.5.